The van der Waals surface area contributed by atoms with E-state index in [-0.39, 0.29) is 25.3 Å². The number of ether oxygens (including phenoxy) is 3. The van der Waals surface area contributed by atoms with Crippen LogP contribution < -0.4 is 24.4 Å². The monoisotopic (exact) mass is 403 g/mol. The summed E-state index contributed by atoms with van der Waals surface area (Å²) in [5, 5.41) is 3.14. The molecule has 9 heteroatoms. The number of halogens is 1. The first kappa shape index (κ1) is 18.2. The van der Waals surface area contributed by atoms with Crippen LogP contribution in [0.4, 0.5) is 16.2 Å². The Morgan fingerprint density at radius 3 is 2.79 bits per heavy atom. The Morgan fingerprint density at radius 2 is 2.00 bits per heavy atom. The van der Waals surface area contributed by atoms with Crippen molar-refractivity contribution in [2.24, 2.45) is 0 Å². The molecule has 28 heavy (non-hydrogen) atoms. The van der Waals surface area contributed by atoms with Crippen LogP contribution in [-0.4, -0.2) is 50.4 Å². The van der Waals surface area contributed by atoms with Gasteiger partial charge in [0.05, 0.1) is 12.1 Å². The van der Waals surface area contributed by atoms with Gasteiger partial charge in [-0.1, -0.05) is 11.6 Å². The molecule has 1 fully saturated rings. The highest BCUT2D eigenvalue weighted by Crippen LogP contribution is 2.36. The molecular formula is C19H18ClN3O5. The number of nitrogens with one attached hydrogen (secondary N) is 1. The van der Waals surface area contributed by atoms with Crippen molar-refractivity contribution in [1.29, 1.82) is 0 Å². The minimum absolute atomic E-state index is 0.0521. The molecule has 4 rings (SSSR count). The van der Waals surface area contributed by atoms with E-state index in [1.54, 1.807) is 41.3 Å². The first-order valence-corrected chi connectivity index (χ1v) is 9.02. The van der Waals surface area contributed by atoms with Crippen LogP contribution in [0.1, 0.15) is 0 Å². The fourth-order valence-electron chi connectivity index (χ4n) is 3.14. The van der Waals surface area contributed by atoms with Gasteiger partial charge in [0.1, 0.15) is 12.3 Å². The van der Waals surface area contributed by atoms with Crippen molar-refractivity contribution in [3.05, 3.63) is 41.4 Å². The predicted octanol–water partition coefficient (Wildman–Crippen LogP) is 2.96. The first-order chi connectivity index (χ1) is 13.5. The second-order valence-corrected chi connectivity index (χ2v) is 6.70. The molecule has 0 aliphatic carbocycles. The number of urea groups is 1. The Morgan fingerprint density at radius 1 is 1.18 bits per heavy atom. The van der Waals surface area contributed by atoms with Crippen molar-refractivity contribution in [2.45, 2.75) is 0 Å². The van der Waals surface area contributed by atoms with E-state index in [0.717, 1.165) is 0 Å². The summed E-state index contributed by atoms with van der Waals surface area (Å²) >= 11 is 6.07. The summed E-state index contributed by atoms with van der Waals surface area (Å²) in [6.45, 7) is 1.06. The summed E-state index contributed by atoms with van der Waals surface area (Å²) in [6.07, 6.45) is 0. The number of benzene rings is 2. The molecule has 1 saturated heterocycles. The van der Waals surface area contributed by atoms with Gasteiger partial charge in [-0.25, -0.2) is 4.79 Å². The second-order valence-electron chi connectivity index (χ2n) is 6.29. The molecule has 146 valence electrons. The Hall–Kier alpha value is -3.13. The Bertz CT molecular complexity index is 936. The fraction of sp³-hybridized carbons (Fsp3) is 0.263. The summed E-state index contributed by atoms with van der Waals surface area (Å²) in [4.78, 5) is 28.1. The van der Waals surface area contributed by atoms with Gasteiger partial charge in [0.2, 0.25) is 12.7 Å². The quantitative estimate of drug-likeness (QED) is 0.830. The van der Waals surface area contributed by atoms with Gasteiger partial charge in [0.15, 0.2) is 11.5 Å². The molecule has 0 spiro atoms. The van der Waals surface area contributed by atoms with Crippen molar-refractivity contribution in [3.63, 3.8) is 0 Å². The van der Waals surface area contributed by atoms with Crippen LogP contribution in [0.5, 0.6) is 17.2 Å². The number of hydrogen-bond acceptors (Lipinski definition) is 5. The molecule has 2 aliphatic heterocycles. The molecule has 0 radical (unpaired) electrons. The lowest BCUT2D eigenvalue weighted by atomic mass is 10.2. The van der Waals surface area contributed by atoms with Crippen LogP contribution in [-0.2, 0) is 4.79 Å². The molecule has 0 saturated carbocycles. The summed E-state index contributed by atoms with van der Waals surface area (Å²) < 4.78 is 15.7. The zero-order valence-corrected chi connectivity index (χ0v) is 15.9. The Labute approximate surface area is 166 Å². The van der Waals surface area contributed by atoms with Gasteiger partial charge in [0, 0.05) is 30.5 Å². The van der Waals surface area contributed by atoms with Crippen LogP contribution in [0.2, 0.25) is 5.02 Å². The first-order valence-electron chi connectivity index (χ1n) is 8.64. The van der Waals surface area contributed by atoms with Crippen molar-refractivity contribution in [3.8, 4) is 17.2 Å². The minimum Gasteiger partial charge on any atom is -0.495 e. The number of nitrogens with zero attached hydrogens (tertiary/aromatic N) is 2. The summed E-state index contributed by atoms with van der Waals surface area (Å²) in [6, 6.07) is 10.1. The van der Waals surface area contributed by atoms with E-state index in [1.165, 1.54) is 12.0 Å². The number of carbonyl (C=O) groups is 2. The molecular weight excluding hydrogens is 386 g/mol. The Kier molecular flexibility index (Phi) is 4.87. The third-order valence-corrected chi connectivity index (χ3v) is 4.83. The van der Waals surface area contributed by atoms with E-state index < -0.39 is 0 Å². The van der Waals surface area contributed by atoms with E-state index >= 15 is 0 Å². The zero-order chi connectivity index (χ0) is 19.7. The molecule has 0 aromatic heterocycles. The van der Waals surface area contributed by atoms with Gasteiger partial charge in [0.25, 0.3) is 0 Å². The van der Waals surface area contributed by atoms with Gasteiger partial charge in [-0.2, -0.15) is 0 Å². The topological polar surface area (TPSA) is 80.3 Å². The van der Waals surface area contributed by atoms with Gasteiger partial charge >= 0.3 is 6.03 Å². The zero-order valence-electron chi connectivity index (χ0n) is 15.1. The van der Waals surface area contributed by atoms with Gasteiger partial charge < -0.3 is 24.4 Å². The maximum absolute atomic E-state index is 12.7. The molecule has 1 N–H and O–H groups in total. The van der Waals surface area contributed by atoms with Crippen LogP contribution >= 0.6 is 11.6 Å². The molecule has 2 aliphatic rings. The van der Waals surface area contributed by atoms with E-state index in [0.29, 0.717) is 46.7 Å². The molecule has 8 nitrogen and oxygen atoms in total. The van der Waals surface area contributed by atoms with Crippen LogP contribution in [0.25, 0.3) is 0 Å². The third kappa shape index (κ3) is 3.50. The van der Waals surface area contributed by atoms with E-state index in [9.17, 15) is 9.59 Å². The predicted molar refractivity (Wildman–Crippen MR) is 104 cm³/mol. The van der Waals surface area contributed by atoms with Crippen molar-refractivity contribution in [2.75, 3.05) is 43.8 Å². The molecule has 3 amide bonds. The average molecular weight is 404 g/mol. The highest BCUT2D eigenvalue weighted by atomic mass is 35.5. The average Bonchev–Trinajstić information content (AvgIpc) is 3.28. The number of carbonyl (C=O) groups excluding carboxylic acids is 2. The fourth-order valence-corrected chi connectivity index (χ4v) is 3.40. The van der Waals surface area contributed by atoms with Crippen molar-refractivity contribution >= 4 is 34.9 Å². The summed E-state index contributed by atoms with van der Waals surface area (Å²) in [7, 11) is 1.52. The molecule has 2 aromatic rings. The number of hydrogen-bond donors (Lipinski definition) is 1. The smallest absolute Gasteiger partial charge is 0.325 e. The lowest BCUT2D eigenvalue weighted by molar-refractivity contribution is -0.116. The molecule has 2 heterocycles. The normalized spacial score (nSPS) is 15.1. The maximum atomic E-state index is 12.7. The number of rotatable bonds is 5. The van der Waals surface area contributed by atoms with E-state index in [2.05, 4.69) is 5.32 Å². The van der Waals surface area contributed by atoms with Gasteiger partial charge in [-0.15, -0.1) is 0 Å². The van der Waals surface area contributed by atoms with Crippen LogP contribution in [0, 0.1) is 0 Å². The SMILES string of the molecule is COc1ccc(NC(=O)CN2CCN(c3ccc4c(c3)OCO4)C2=O)cc1Cl. The van der Waals surface area contributed by atoms with Gasteiger partial charge in [-0.3, -0.25) is 9.69 Å². The highest BCUT2D eigenvalue weighted by Gasteiger charge is 2.31. The number of anilines is 2. The van der Waals surface area contributed by atoms with Crippen molar-refractivity contribution in [1.82, 2.24) is 4.90 Å². The maximum Gasteiger partial charge on any atom is 0.325 e. The minimum atomic E-state index is -0.304. The molecule has 0 atom stereocenters. The number of amides is 3. The lowest BCUT2D eigenvalue weighted by Crippen LogP contribution is -2.37. The second kappa shape index (κ2) is 7.47. The molecule has 2 aromatic carbocycles. The van der Waals surface area contributed by atoms with Crippen molar-refractivity contribution < 1.29 is 23.8 Å². The third-order valence-electron chi connectivity index (χ3n) is 4.53. The number of methoxy groups -OCH3 is 1. The van der Waals surface area contributed by atoms with Gasteiger partial charge in [-0.05, 0) is 30.3 Å². The van der Waals surface area contributed by atoms with E-state index in [1.807, 2.05) is 0 Å². The lowest BCUT2D eigenvalue weighted by Gasteiger charge is -2.19. The standard InChI is InChI=1S/C19H18ClN3O5/c1-26-15-4-2-12(8-14(15)20)21-18(24)10-22-6-7-23(19(22)25)13-3-5-16-17(9-13)28-11-27-16/h2-5,8-9H,6-7,10-11H2,1H3,(H,21,24). The summed E-state index contributed by atoms with van der Waals surface area (Å²) in [5.74, 6) is 1.48. The molecule has 0 unspecified atom stereocenters. The molecule has 0 bridgehead atoms. The van der Waals surface area contributed by atoms with E-state index in [4.69, 9.17) is 25.8 Å². The number of fused-ring (bicyclic) bond motifs is 1. The van der Waals surface area contributed by atoms with Crippen LogP contribution in [0.15, 0.2) is 36.4 Å². The Balaban J connectivity index is 1.38. The highest BCUT2D eigenvalue weighted by molar-refractivity contribution is 6.32. The largest absolute Gasteiger partial charge is 0.495 e. The summed E-state index contributed by atoms with van der Waals surface area (Å²) in [5.41, 5.74) is 1.24. The van der Waals surface area contributed by atoms with Crippen LogP contribution in [0.3, 0.4) is 0 Å².